The highest BCUT2D eigenvalue weighted by molar-refractivity contribution is 5.11. The summed E-state index contributed by atoms with van der Waals surface area (Å²) in [5.74, 6) is 0. The number of hydrogen-bond donors (Lipinski definition) is 5. The van der Waals surface area contributed by atoms with Gasteiger partial charge in [0.2, 0.25) is 0 Å². The molecule has 0 amide bonds. The average molecular weight is 160 g/mol. The first-order chi connectivity index (χ1) is 5.16. The van der Waals surface area contributed by atoms with Crippen molar-refractivity contribution in [2.75, 3.05) is 6.54 Å². The zero-order valence-electron chi connectivity index (χ0n) is 5.94. The van der Waals surface area contributed by atoms with Crippen LogP contribution in [0.5, 0.6) is 0 Å². The Morgan fingerprint density at radius 2 is 2.18 bits per heavy atom. The highest BCUT2D eigenvalue weighted by Crippen LogP contribution is 2.10. The number of aliphatic hydroxyl groups excluding tert-OH is 3. The number of nitrogens with one attached hydrogen (secondary N) is 1. The van der Waals surface area contributed by atoms with Gasteiger partial charge in [-0.3, -0.25) is 0 Å². The molecule has 11 heavy (non-hydrogen) atoms. The smallest absolute Gasteiger partial charge is 0.124 e. The molecule has 3 atom stereocenters. The molecule has 1 fully saturated rings. The highest BCUT2D eigenvalue weighted by atomic mass is 16.3. The monoisotopic (exact) mass is 160 g/mol. The molecule has 0 radical (unpaired) electrons. The van der Waals surface area contributed by atoms with Gasteiger partial charge in [-0.1, -0.05) is 0 Å². The van der Waals surface area contributed by atoms with Crippen LogP contribution in [0.25, 0.3) is 0 Å². The highest BCUT2D eigenvalue weighted by Gasteiger charge is 2.31. The minimum absolute atomic E-state index is 0.208. The van der Waals surface area contributed by atoms with Crippen molar-refractivity contribution >= 4 is 0 Å². The van der Waals surface area contributed by atoms with Crippen molar-refractivity contribution in [3.8, 4) is 0 Å². The van der Waals surface area contributed by atoms with E-state index in [1.807, 2.05) is 0 Å². The Morgan fingerprint density at radius 1 is 1.55 bits per heavy atom. The summed E-state index contributed by atoms with van der Waals surface area (Å²) in [4.78, 5) is 0. The topological polar surface area (TPSA) is 98.7 Å². The van der Waals surface area contributed by atoms with E-state index in [0.717, 1.165) is 6.26 Å². The summed E-state index contributed by atoms with van der Waals surface area (Å²) < 4.78 is 0. The van der Waals surface area contributed by atoms with Gasteiger partial charge in [0.1, 0.15) is 18.5 Å². The summed E-state index contributed by atoms with van der Waals surface area (Å²) in [5, 5.41) is 29.6. The summed E-state index contributed by atoms with van der Waals surface area (Å²) >= 11 is 0. The predicted octanol–water partition coefficient (Wildman–Crippen LogP) is -1.96. The van der Waals surface area contributed by atoms with Gasteiger partial charge in [0.15, 0.2) is 0 Å². The minimum atomic E-state index is -1.11. The molecular weight excluding hydrogens is 148 g/mol. The molecule has 0 spiro atoms. The van der Waals surface area contributed by atoms with Gasteiger partial charge in [0.05, 0.1) is 11.7 Å². The Hall–Kier alpha value is -0.780. The van der Waals surface area contributed by atoms with Gasteiger partial charge in [0.25, 0.3) is 0 Å². The van der Waals surface area contributed by atoms with Gasteiger partial charge >= 0.3 is 0 Å². The molecule has 0 aromatic heterocycles. The third kappa shape index (κ3) is 1.45. The number of aliphatic hydroxyl groups is 3. The van der Waals surface area contributed by atoms with Crippen LogP contribution in [0.4, 0.5) is 0 Å². The van der Waals surface area contributed by atoms with Crippen molar-refractivity contribution in [2.24, 2.45) is 5.73 Å². The van der Waals surface area contributed by atoms with Crippen LogP contribution in [0.2, 0.25) is 0 Å². The standard InChI is InChI=1S/C6H12N2O3/c7-3-1-8-4(2-9)6(11)5(3)10/h2-3,5-6,8-11H,1,7H2. The largest absolute Gasteiger partial charge is 0.514 e. The Labute approximate surface area is 64.1 Å². The number of piperidine rings is 1. The molecule has 64 valence electrons. The first-order valence-electron chi connectivity index (χ1n) is 3.36. The maximum atomic E-state index is 9.19. The van der Waals surface area contributed by atoms with E-state index in [9.17, 15) is 10.2 Å². The van der Waals surface area contributed by atoms with Crippen LogP contribution in [0.15, 0.2) is 12.0 Å². The lowest BCUT2D eigenvalue weighted by molar-refractivity contribution is 0.00686. The SMILES string of the molecule is NC1CNC(=CO)C(O)C1O. The molecule has 1 heterocycles. The second-order valence-corrected chi connectivity index (χ2v) is 2.56. The summed E-state index contributed by atoms with van der Waals surface area (Å²) in [6.45, 7) is 0.352. The van der Waals surface area contributed by atoms with Gasteiger partial charge in [0, 0.05) is 6.54 Å². The zero-order chi connectivity index (χ0) is 8.43. The van der Waals surface area contributed by atoms with Crippen LogP contribution in [0.3, 0.4) is 0 Å². The number of hydrogen-bond acceptors (Lipinski definition) is 5. The average Bonchev–Trinajstić information content (AvgIpc) is 2.01. The van der Waals surface area contributed by atoms with Crippen LogP contribution < -0.4 is 11.1 Å². The van der Waals surface area contributed by atoms with E-state index in [-0.39, 0.29) is 5.70 Å². The lowest BCUT2D eigenvalue weighted by Gasteiger charge is -2.31. The van der Waals surface area contributed by atoms with E-state index in [1.54, 1.807) is 0 Å². The summed E-state index contributed by atoms with van der Waals surface area (Å²) in [5.41, 5.74) is 5.61. The van der Waals surface area contributed by atoms with E-state index in [4.69, 9.17) is 10.8 Å². The molecule has 1 rings (SSSR count). The third-order valence-electron chi connectivity index (χ3n) is 1.76. The molecule has 1 aliphatic rings. The third-order valence-corrected chi connectivity index (χ3v) is 1.76. The van der Waals surface area contributed by atoms with Crippen molar-refractivity contribution in [3.05, 3.63) is 12.0 Å². The van der Waals surface area contributed by atoms with Crippen molar-refractivity contribution < 1.29 is 15.3 Å². The second-order valence-electron chi connectivity index (χ2n) is 2.56. The van der Waals surface area contributed by atoms with Gasteiger partial charge in [-0.2, -0.15) is 0 Å². The van der Waals surface area contributed by atoms with Gasteiger partial charge in [-0.15, -0.1) is 0 Å². The Morgan fingerprint density at radius 3 is 2.73 bits per heavy atom. The molecule has 0 aromatic carbocycles. The molecule has 0 bridgehead atoms. The molecule has 0 aliphatic carbocycles. The van der Waals surface area contributed by atoms with Crippen LogP contribution in [-0.2, 0) is 0 Å². The number of rotatable bonds is 0. The summed E-state index contributed by atoms with van der Waals surface area (Å²) in [6.07, 6.45) is -1.38. The molecule has 1 aliphatic heterocycles. The zero-order valence-corrected chi connectivity index (χ0v) is 5.94. The van der Waals surface area contributed by atoms with E-state index < -0.39 is 18.2 Å². The van der Waals surface area contributed by atoms with Crippen LogP contribution in [-0.4, -0.2) is 40.1 Å². The minimum Gasteiger partial charge on any atom is -0.514 e. The van der Waals surface area contributed by atoms with Gasteiger partial charge in [-0.05, 0) is 0 Å². The molecular formula is C6H12N2O3. The van der Waals surface area contributed by atoms with Crippen molar-refractivity contribution in [1.82, 2.24) is 5.32 Å². The fraction of sp³-hybridized carbons (Fsp3) is 0.667. The van der Waals surface area contributed by atoms with Crippen molar-refractivity contribution in [1.29, 1.82) is 0 Å². The molecule has 6 N–H and O–H groups in total. The first-order valence-corrected chi connectivity index (χ1v) is 3.36. The fourth-order valence-corrected chi connectivity index (χ4v) is 1.00. The van der Waals surface area contributed by atoms with E-state index >= 15 is 0 Å². The normalized spacial score (nSPS) is 42.1. The lowest BCUT2D eigenvalue weighted by Crippen LogP contribution is -2.56. The predicted molar refractivity (Wildman–Crippen MR) is 38.7 cm³/mol. The van der Waals surface area contributed by atoms with E-state index in [1.165, 1.54) is 0 Å². The quantitative estimate of drug-likeness (QED) is 0.265. The summed E-state index contributed by atoms with van der Waals surface area (Å²) in [6, 6.07) is -0.492. The second kappa shape index (κ2) is 3.08. The number of nitrogens with two attached hydrogens (primary N) is 1. The van der Waals surface area contributed by atoms with Gasteiger partial charge < -0.3 is 26.4 Å². The molecule has 5 heteroatoms. The molecule has 3 unspecified atom stereocenters. The van der Waals surface area contributed by atoms with Gasteiger partial charge in [-0.25, -0.2) is 0 Å². The lowest BCUT2D eigenvalue weighted by atomic mass is 10.00. The molecule has 1 saturated heterocycles. The van der Waals surface area contributed by atoms with Crippen LogP contribution in [0, 0.1) is 0 Å². The molecule has 0 saturated carbocycles. The Balaban J connectivity index is 2.67. The van der Waals surface area contributed by atoms with Crippen LogP contribution >= 0.6 is 0 Å². The van der Waals surface area contributed by atoms with Crippen LogP contribution in [0.1, 0.15) is 0 Å². The Bertz CT molecular complexity index is 171. The Kier molecular flexibility index (Phi) is 2.33. The van der Waals surface area contributed by atoms with Crippen molar-refractivity contribution in [2.45, 2.75) is 18.2 Å². The van der Waals surface area contributed by atoms with E-state index in [2.05, 4.69) is 5.32 Å². The first kappa shape index (κ1) is 8.32. The van der Waals surface area contributed by atoms with Crippen molar-refractivity contribution in [3.63, 3.8) is 0 Å². The summed E-state index contributed by atoms with van der Waals surface area (Å²) in [7, 11) is 0. The fourth-order valence-electron chi connectivity index (χ4n) is 1.00. The molecule has 0 aromatic rings. The van der Waals surface area contributed by atoms with E-state index in [0.29, 0.717) is 6.54 Å². The maximum Gasteiger partial charge on any atom is 0.124 e. The maximum absolute atomic E-state index is 9.19. The molecule has 5 nitrogen and oxygen atoms in total.